The van der Waals surface area contributed by atoms with Gasteiger partial charge in [0.25, 0.3) is 0 Å². The second kappa shape index (κ2) is 6.35. The lowest BCUT2D eigenvalue weighted by atomic mass is 10.1. The largest absolute Gasteiger partial charge is 0.396 e. The Bertz CT molecular complexity index is 154. The SMILES string of the molecule is OCCCC1CCCN1CC(O)CO. The van der Waals surface area contributed by atoms with Crippen molar-refractivity contribution < 1.29 is 15.3 Å². The van der Waals surface area contributed by atoms with E-state index in [1.54, 1.807) is 0 Å². The standard InChI is InChI=1S/C10H21NO3/c12-6-2-4-9-3-1-5-11(9)7-10(14)8-13/h9-10,12-14H,1-8H2. The average molecular weight is 203 g/mol. The lowest BCUT2D eigenvalue weighted by molar-refractivity contribution is 0.0533. The third-order valence-corrected chi connectivity index (χ3v) is 2.85. The third-order valence-electron chi connectivity index (χ3n) is 2.85. The van der Waals surface area contributed by atoms with E-state index in [9.17, 15) is 5.11 Å². The summed E-state index contributed by atoms with van der Waals surface area (Å²) in [6.45, 7) is 1.65. The molecule has 14 heavy (non-hydrogen) atoms. The molecule has 0 bridgehead atoms. The number of aliphatic hydroxyl groups is 3. The van der Waals surface area contributed by atoms with Gasteiger partial charge in [0.15, 0.2) is 0 Å². The van der Waals surface area contributed by atoms with Gasteiger partial charge in [0.2, 0.25) is 0 Å². The zero-order valence-corrected chi connectivity index (χ0v) is 8.60. The minimum atomic E-state index is -0.621. The van der Waals surface area contributed by atoms with Crippen molar-refractivity contribution in [1.29, 1.82) is 0 Å². The lowest BCUT2D eigenvalue weighted by Crippen LogP contribution is -2.37. The molecule has 1 rings (SSSR count). The van der Waals surface area contributed by atoms with Crippen LogP contribution in [0.15, 0.2) is 0 Å². The van der Waals surface area contributed by atoms with Crippen molar-refractivity contribution in [2.24, 2.45) is 0 Å². The second-order valence-corrected chi connectivity index (χ2v) is 3.99. The molecule has 0 saturated carbocycles. The molecule has 0 spiro atoms. The minimum absolute atomic E-state index is 0.163. The van der Waals surface area contributed by atoms with Gasteiger partial charge in [0.05, 0.1) is 12.7 Å². The molecule has 4 heteroatoms. The van der Waals surface area contributed by atoms with Gasteiger partial charge in [0.1, 0.15) is 0 Å². The van der Waals surface area contributed by atoms with Crippen molar-refractivity contribution in [2.45, 2.75) is 37.8 Å². The number of aliphatic hydroxyl groups excluding tert-OH is 3. The van der Waals surface area contributed by atoms with E-state index in [2.05, 4.69) is 4.90 Å². The van der Waals surface area contributed by atoms with Gasteiger partial charge in [-0.2, -0.15) is 0 Å². The summed E-state index contributed by atoms with van der Waals surface area (Å²) < 4.78 is 0. The lowest BCUT2D eigenvalue weighted by Gasteiger charge is -2.25. The van der Waals surface area contributed by atoms with E-state index in [1.165, 1.54) is 0 Å². The summed E-state index contributed by atoms with van der Waals surface area (Å²) in [6.07, 6.45) is 3.52. The van der Waals surface area contributed by atoms with E-state index in [0.29, 0.717) is 12.6 Å². The molecule has 0 aliphatic carbocycles. The maximum Gasteiger partial charge on any atom is 0.0897 e. The van der Waals surface area contributed by atoms with Crippen LogP contribution in [0.4, 0.5) is 0 Å². The molecule has 1 aliphatic heterocycles. The van der Waals surface area contributed by atoms with Crippen molar-refractivity contribution >= 4 is 0 Å². The van der Waals surface area contributed by atoms with Crippen LogP contribution in [0.25, 0.3) is 0 Å². The highest BCUT2D eigenvalue weighted by Crippen LogP contribution is 2.21. The van der Waals surface area contributed by atoms with E-state index >= 15 is 0 Å². The molecule has 0 aromatic carbocycles. The first-order chi connectivity index (χ1) is 6.77. The molecule has 84 valence electrons. The van der Waals surface area contributed by atoms with Crippen LogP contribution in [0.2, 0.25) is 0 Å². The Morgan fingerprint density at radius 1 is 1.36 bits per heavy atom. The summed E-state index contributed by atoms with van der Waals surface area (Å²) in [5.74, 6) is 0. The van der Waals surface area contributed by atoms with Crippen LogP contribution in [0, 0.1) is 0 Å². The highest BCUT2D eigenvalue weighted by Gasteiger charge is 2.25. The molecule has 4 nitrogen and oxygen atoms in total. The van der Waals surface area contributed by atoms with Gasteiger partial charge in [0, 0.05) is 19.2 Å². The summed E-state index contributed by atoms with van der Waals surface area (Å²) in [6, 6.07) is 0.489. The highest BCUT2D eigenvalue weighted by atomic mass is 16.3. The Hall–Kier alpha value is -0.160. The molecule has 0 amide bonds. The maximum atomic E-state index is 9.32. The van der Waals surface area contributed by atoms with Gasteiger partial charge in [-0.1, -0.05) is 0 Å². The monoisotopic (exact) mass is 203 g/mol. The van der Waals surface area contributed by atoms with E-state index in [0.717, 1.165) is 32.2 Å². The summed E-state index contributed by atoms with van der Waals surface area (Å²) in [5, 5.41) is 26.8. The summed E-state index contributed by atoms with van der Waals surface area (Å²) >= 11 is 0. The molecule has 2 atom stereocenters. The molecular formula is C10H21NO3. The summed E-state index contributed by atoms with van der Waals surface area (Å²) in [5.41, 5.74) is 0. The van der Waals surface area contributed by atoms with Crippen LogP contribution in [0.5, 0.6) is 0 Å². The predicted octanol–water partition coefficient (Wildman–Crippen LogP) is -0.424. The molecule has 1 heterocycles. The predicted molar refractivity (Wildman–Crippen MR) is 54.0 cm³/mol. The maximum absolute atomic E-state index is 9.32. The molecule has 1 saturated heterocycles. The smallest absolute Gasteiger partial charge is 0.0897 e. The van der Waals surface area contributed by atoms with Gasteiger partial charge in [-0.3, -0.25) is 4.90 Å². The first-order valence-corrected chi connectivity index (χ1v) is 5.41. The first-order valence-electron chi connectivity index (χ1n) is 5.41. The van der Waals surface area contributed by atoms with E-state index in [-0.39, 0.29) is 13.2 Å². The van der Waals surface area contributed by atoms with E-state index in [1.807, 2.05) is 0 Å². The molecular weight excluding hydrogens is 182 g/mol. The van der Waals surface area contributed by atoms with E-state index in [4.69, 9.17) is 10.2 Å². The third kappa shape index (κ3) is 3.53. The molecule has 1 fully saturated rings. The second-order valence-electron chi connectivity index (χ2n) is 3.99. The van der Waals surface area contributed by atoms with Gasteiger partial charge < -0.3 is 15.3 Å². The normalized spacial score (nSPS) is 25.5. The number of rotatable bonds is 6. The van der Waals surface area contributed by atoms with Gasteiger partial charge in [-0.15, -0.1) is 0 Å². The number of nitrogens with zero attached hydrogens (tertiary/aromatic N) is 1. The summed E-state index contributed by atoms with van der Waals surface area (Å²) in [4.78, 5) is 2.22. The Balaban J connectivity index is 2.27. The minimum Gasteiger partial charge on any atom is -0.396 e. The van der Waals surface area contributed by atoms with Crippen LogP contribution >= 0.6 is 0 Å². The van der Waals surface area contributed by atoms with Gasteiger partial charge in [-0.05, 0) is 32.2 Å². The topological polar surface area (TPSA) is 63.9 Å². The number of likely N-dealkylation sites (tertiary alicyclic amines) is 1. The summed E-state index contributed by atoms with van der Waals surface area (Å²) in [7, 11) is 0. The zero-order valence-electron chi connectivity index (χ0n) is 8.60. The van der Waals surface area contributed by atoms with Crippen molar-refractivity contribution in [3.63, 3.8) is 0 Å². The molecule has 1 aliphatic rings. The van der Waals surface area contributed by atoms with Crippen LogP contribution in [0.3, 0.4) is 0 Å². The Morgan fingerprint density at radius 2 is 2.14 bits per heavy atom. The van der Waals surface area contributed by atoms with Gasteiger partial charge >= 0.3 is 0 Å². The van der Waals surface area contributed by atoms with E-state index < -0.39 is 6.10 Å². The molecule has 3 N–H and O–H groups in total. The number of hydrogen-bond donors (Lipinski definition) is 3. The zero-order chi connectivity index (χ0) is 10.4. The van der Waals surface area contributed by atoms with Crippen molar-refractivity contribution in [1.82, 2.24) is 4.90 Å². The average Bonchev–Trinajstić information content (AvgIpc) is 2.62. The fraction of sp³-hybridized carbons (Fsp3) is 1.00. The van der Waals surface area contributed by atoms with Crippen LogP contribution in [-0.4, -0.2) is 58.7 Å². The molecule has 0 radical (unpaired) electrons. The molecule has 0 aromatic heterocycles. The van der Waals surface area contributed by atoms with Crippen molar-refractivity contribution in [3.8, 4) is 0 Å². The Labute approximate surface area is 85.2 Å². The first kappa shape index (κ1) is 11.9. The fourth-order valence-electron chi connectivity index (χ4n) is 2.12. The van der Waals surface area contributed by atoms with Gasteiger partial charge in [-0.25, -0.2) is 0 Å². The van der Waals surface area contributed by atoms with Crippen molar-refractivity contribution in [3.05, 3.63) is 0 Å². The Kier molecular flexibility index (Phi) is 5.40. The number of β-amino-alcohol motifs (C(OH)–C–C–N with tert-alkyl or cyclic N) is 1. The Morgan fingerprint density at radius 3 is 2.79 bits per heavy atom. The number of hydrogen-bond acceptors (Lipinski definition) is 4. The molecule has 0 aromatic rings. The van der Waals surface area contributed by atoms with Crippen LogP contribution in [0.1, 0.15) is 25.7 Å². The van der Waals surface area contributed by atoms with Crippen LogP contribution in [-0.2, 0) is 0 Å². The quantitative estimate of drug-likeness (QED) is 0.548. The fourth-order valence-corrected chi connectivity index (χ4v) is 2.12. The highest BCUT2D eigenvalue weighted by molar-refractivity contribution is 4.80. The van der Waals surface area contributed by atoms with Crippen LogP contribution < -0.4 is 0 Å². The molecule has 2 unspecified atom stereocenters. The van der Waals surface area contributed by atoms with Crippen molar-refractivity contribution in [2.75, 3.05) is 26.3 Å².